The van der Waals surface area contributed by atoms with Crippen LogP contribution in [0.25, 0.3) is 28.4 Å². The molecule has 0 amide bonds. The molecule has 8 nitrogen and oxygen atoms in total. The van der Waals surface area contributed by atoms with Crippen LogP contribution in [0.5, 0.6) is 0 Å². The highest BCUT2D eigenvalue weighted by Gasteiger charge is 2.38. The second-order valence-electron chi connectivity index (χ2n) is 7.79. The maximum atomic E-state index is 12.9. The van der Waals surface area contributed by atoms with Gasteiger partial charge in [-0.1, -0.05) is 6.92 Å². The van der Waals surface area contributed by atoms with Crippen LogP contribution in [0.3, 0.4) is 0 Å². The molecule has 1 saturated carbocycles. The zero-order chi connectivity index (χ0) is 24.3. The van der Waals surface area contributed by atoms with Gasteiger partial charge in [-0.05, 0) is 37.1 Å². The first-order chi connectivity index (χ1) is 16.1. The summed E-state index contributed by atoms with van der Waals surface area (Å²) in [7, 11) is -7.01. The van der Waals surface area contributed by atoms with Gasteiger partial charge in [0.15, 0.2) is 26.2 Å². The number of pyridine rings is 1. The predicted octanol–water partition coefficient (Wildman–Crippen LogP) is 4.37. The number of imidazole rings is 1. The number of hydrogen-bond acceptors (Lipinski definition) is 7. The molecule has 1 aliphatic carbocycles. The summed E-state index contributed by atoms with van der Waals surface area (Å²) in [5.74, 6) is 0.0357. The molecule has 0 aliphatic heterocycles. The Morgan fingerprint density at radius 2 is 1.97 bits per heavy atom. The van der Waals surface area contributed by atoms with E-state index in [9.17, 15) is 25.8 Å². The lowest BCUT2D eigenvalue weighted by Gasteiger charge is -2.09. The molecule has 0 N–H and O–H groups in total. The number of aromatic nitrogens is 4. The minimum atomic E-state index is -4.92. The standard InChI is InChI=1S/C21H17F3N4O4S2/c1-2-34(30,31)18-7-13(28-10-16(26-11-28)12-3-4-12)9-25-19(18)20-27-15-8-14(5-6-17(15)32-20)33(29)21(22,23)24/h5-12H,2-4H2,1H3. The summed E-state index contributed by atoms with van der Waals surface area (Å²) in [5.41, 5.74) is -3.48. The Hall–Kier alpha value is -3.06. The molecule has 1 fully saturated rings. The molecule has 1 aliphatic rings. The van der Waals surface area contributed by atoms with Gasteiger partial charge in [-0.3, -0.25) is 0 Å². The van der Waals surface area contributed by atoms with Gasteiger partial charge in [0.05, 0.1) is 34.6 Å². The van der Waals surface area contributed by atoms with Crippen molar-refractivity contribution >= 4 is 31.7 Å². The molecule has 3 aromatic heterocycles. The zero-order valence-electron chi connectivity index (χ0n) is 17.6. The molecule has 13 heteroatoms. The average Bonchev–Trinajstić information content (AvgIpc) is 3.38. The van der Waals surface area contributed by atoms with Crippen molar-refractivity contribution in [1.29, 1.82) is 0 Å². The van der Waals surface area contributed by atoms with E-state index in [2.05, 4.69) is 15.0 Å². The molecule has 0 saturated heterocycles. The summed E-state index contributed by atoms with van der Waals surface area (Å²) in [6.07, 6.45) is 7.01. The number of hydrogen-bond donors (Lipinski definition) is 0. The zero-order valence-corrected chi connectivity index (χ0v) is 19.2. The summed E-state index contributed by atoms with van der Waals surface area (Å²) < 4.78 is 83.2. The van der Waals surface area contributed by atoms with E-state index in [0.29, 0.717) is 11.6 Å². The van der Waals surface area contributed by atoms with E-state index in [0.717, 1.165) is 30.7 Å². The van der Waals surface area contributed by atoms with Crippen LogP contribution >= 0.6 is 0 Å². The molecule has 1 unspecified atom stereocenters. The maximum Gasteiger partial charge on any atom is 0.475 e. The highest BCUT2D eigenvalue weighted by molar-refractivity contribution is 7.91. The molecule has 5 rings (SSSR count). The number of rotatable bonds is 6. The molecule has 0 radical (unpaired) electrons. The summed E-state index contributed by atoms with van der Waals surface area (Å²) in [6, 6.07) is 4.67. The van der Waals surface area contributed by atoms with Crippen LogP contribution < -0.4 is 0 Å². The van der Waals surface area contributed by atoms with Crippen LogP contribution in [0.2, 0.25) is 0 Å². The van der Waals surface area contributed by atoms with E-state index in [1.165, 1.54) is 25.3 Å². The number of halogens is 3. The van der Waals surface area contributed by atoms with Crippen molar-refractivity contribution in [2.24, 2.45) is 0 Å². The van der Waals surface area contributed by atoms with Crippen molar-refractivity contribution in [2.75, 3.05) is 5.75 Å². The van der Waals surface area contributed by atoms with Crippen LogP contribution in [0, 0.1) is 0 Å². The van der Waals surface area contributed by atoms with E-state index >= 15 is 0 Å². The van der Waals surface area contributed by atoms with E-state index in [1.807, 2.05) is 6.20 Å². The fourth-order valence-corrected chi connectivity index (χ4v) is 5.18. The highest BCUT2D eigenvalue weighted by atomic mass is 32.2. The molecule has 1 aromatic carbocycles. The van der Waals surface area contributed by atoms with Gasteiger partial charge in [-0.2, -0.15) is 13.2 Å². The van der Waals surface area contributed by atoms with Crippen molar-refractivity contribution in [3.63, 3.8) is 0 Å². The minimum absolute atomic E-state index is 0.000456. The molecular formula is C21H17F3N4O4S2. The Labute approximate surface area is 194 Å². The Bertz CT molecular complexity index is 1540. The van der Waals surface area contributed by atoms with E-state index in [1.54, 1.807) is 10.9 Å². The third kappa shape index (κ3) is 4.13. The lowest BCUT2D eigenvalue weighted by Crippen LogP contribution is -2.16. The number of nitrogens with zero attached hydrogens (tertiary/aromatic N) is 4. The van der Waals surface area contributed by atoms with Gasteiger partial charge in [0.1, 0.15) is 16.1 Å². The second kappa shape index (κ2) is 8.01. The van der Waals surface area contributed by atoms with Gasteiger partial charge in [0.2, 0.25) is 5.89 Å². The normalized spacial score (nSPS) is 15.6. The van der Waals surface area contributed by atoms with Gasteiger partial charge >= 0.3 is 5.51 Å². The lowest BCUT2D eigenvalue weighted by molar-refractivity contribution is -0.0384. The van der Waals surface area contributed by atoms with Crippen molar-refractivity contribution in [1.82, 2.24) is 19.5 Å². The lowest BCUT2D eigenvalue weighted by atomic mass is 10.3. The first kappa shape index (κ1) is 22.7. The second-order valence-corrected chi connectivity index (χ2v) is 11.5. The minimum Gasteiger partial charge on any atom is -0.435 e. The van der Waals surface area contributed by atoms with E-state index < -0.39 is 31.0 Å². The third-order valence-corrected chi connectivity index (χ3v) is 8.28. The SMILES string of the molecule is CCS(=O)(=O)c1cc(-n2cnc(C3CC3)c2)cnc1-c1nc2cc(S(=O)C(F)(F)F)ccc2o1. The van der Waals surface area contributed by atoms with Crippen molar-refractivity contribution in [3.05, 3.63) is 48.7 Å². The quantitative estimate of drug-likeness (QED) is 0.379. The maximum absolute atomic E-state index is 12.9. The fourth-order valence-electron chi connectivity index (χ4n) is 3.46. The Balaban J connectivity index is 1.60. The van der Waals surface area contributed by atoms with Crippen LogP contribution in [0.1, 0.15) is 31.4 Å². The predicted molar refractivity (Wildman–Crippen MR) is 117 cm³/mol. The highest BCUT2D eigenvalue weighted by Crippen LogP contribution is 2.39. The summed E-state index contributed by atoms with van der Waals surface area (Å²) >= 11 is 0. The van der Waals surface area contributed by atoms with Gasteiger partial charge in [0, 0.05) is 12.1 Å². The molecular weight excluding hydrogens is 493 g/mol. The third-order valence-electron chi connectivity index (χ3n) is 5.44. The molecule has 34 heavy (non-hydrogen) atoms. The average molecular weight is 511 g/mol. The summed E-state index contributed by atoms with van der Waals surface area (Å²) in [5, 5.41) is 0. The van der Waals surface area contributed by atoms with E-state index in [-0.39, 0.29) is 33.3 Å². The van der Waals surface area contributed by atoms with Gasteiger partial charge in [0.25, 0.3) is 0 Å². The smallest absolute Gasteiger partial charge is 0.435 e. The largest absolute Gasteiger partial charge is 0.475 e. The fraction of sp³-hybridized carbons (Fsp3) is 0.286. The first-order valence-electron chi connectivity index (χ1n) is 10.2. The Morgan fingerprint density at radius 3 is 2.65 bits per heavy atom. The molecule has 178 valence electrons. The molecule has 3 heterocycles. The van der Waals surface area contributed by atoms with Gasteiger partial charge in [-0.15, -0.1) is 0 Å². The number of benzene rings is 1. The number of sulfone groups is 1. The summed E-state index contributed by atoms with van der Waals surface area (Å²) in [6.45, 7) is 1.49. The van der Waals surface area contributed by atoms with Gasteiger partial charge < -0.3 is 8.98 Å². The van der Waals surface area contributed by atoms with Crippen molar-refractivity contribution in [3.8, 4) is 17.3 Å². The topological polar surface area (TPSA) is 108 Å². The van der Waals surface area contributed by atoms with Gasteiger partial charge in [-0.25, -0.2) is 27.6 Å². The molecule has 0 spiro atoms. The molecule has 0 bridgehead atoms. The van der Waals surface area contributed by atoms with Crippen LogP contribution in [-0.4, -0.2) is 43.4 Å². The molecule has 1 atom stereocenters. The van der Waals surface area contributed by atoms with Crippen LogP contribution in [0.4, 0.5) is 13.2 Å². The van der Waals surface area contributed by atoms with E-state index in [4.69, 9.17) is 4.42 Å². The van der Waals surface area contributed by atoms with Crippen molar-refractivity contribution in [2.45, 2.75) is 41.0 Å². The van der Waals surface area contributed by atoms with Crippen molar-refractivity contribution < 1.29 is 30.2 Å². The Kier molecular flexibility index (Phi) is 5.35. The number of fused-ring (bicyclic) bond motifs is 1. The monoisotopic (exact) mass is 510 g/mol. The molecule has 4 aromatic rings. The Morgan fingerprint density at radius 1 is 1.21 bits per heavy atom. The van der Waals surface area contributed by atoms with Crippen LogP contribution in [0.15, 0.2) is 57.2 Å². The summed E-state index contributed by atoms with van der Waals surface area (Å²) in [4.78, 5) is 12.2. The number of oxazole rings is 1. The first-order valence-corrected chi connectivity index (χ1v) is 13.0. The van der Waals surface area contributed by atoms with Crippen LogP contribution in [-0.2, 0) is 20.6 Å². The number of alkyl halides is 3.